The second kappa shape index (κ2) is 6.76. The van der Waals surface area contributed by atoms with E-state index in [4.69, 9.17) is 16.3 Å². The highest BCUT2D eigenvalue weighted by Crippen LogP contribution is 2.17. The number of ether oxygens (including phenoxy) is 1. The van der Waals surface area contributed by atoms with E-state index in [9.17, 15) is 0 Å². The van der Waals surface area contributed by atoms with Crippen molar-refractivity contribution in [1.82, 2.24) is 9.55 Å². The van der Waals surface area contributed by atoms with Crippen molar-refractivity contribution in [3.05, 3.63) is 30.1 Å². The molecule has 0 fully saturated rings. The summed E-state index contributed by atoms with van der Waals surface area (Å²) in [7, 11) is 0. The summed E-state index contributed by atoms with van der Waals surface area (Å²) in [5, 5.41) is 0. The van der Waals surface area contributed by atoms with E-state index in [-0.39, 0.29) is 0 Å². The largest absolute Gasteiger partial charge is 0.382 e. The third-order valence-corrected chi connectivity index (χ3v) is 3.12. The molecule has 0 atom stereocenters. The topological polar surface area (TPSA) is 27.1 Å². The third-order valence-electron chi connectivity index (χ3n) is 2.93. The highest BCUT2D eigenvalue weighted by Gasteiger charge is 2.09. The van der Waals surface area contributed by atoms with Crippen molar-refractivity contribution in [2.45, 2.75) is 26.3 Å². The summed E-state index contributed by atoms with van der Waals surface area (Å²) in [4.78, 5) is 4.64. The van der Waals surface area contributed by atoms with Crippen molar-refractivity contribution in [2.24, 2.45) is 0 Å². The first-order valence-corrected chi connectivity index (χ1v) is 6.98. The Labute approximate surface area is 113 Å². The van der Waals surface area contributed by atoms with Crippen LogP contribution in [0, 0.1) is 0 Å². The molecular formula is C14H19ClN2O. The van der Waals surface area contributed by atoms with Crippen molar-refractivity contribution in [2.75, 3.05) is 19.1 Å². The molecule has 18 heavy (non-hydrogen) atoms. The second-order valence-electron chi connectivity index (χ2n) is 4.16. The van der Waals surface area contributed by atoms with Gasteiger partial charge < -0.3 is 9.30 Å². The smallest absolute Gasteiger partial charge is 0.111 e. The molecule has 0 radical (unpaired) electrons. The normalized spacial score (nSPS) is 11.2. The van der Waals surface area contributed by atoms with Gasteiger partial charge in [-0.1, -0.05) is 12.1 Å². The van der Waals surface area contributed by atoms with Crippen molar-refractivity contribution >= 4 is 22.6 Å². The van der Waals surface area contributed by atoms with E-state index in [1.54, 1.807) is 0 Å². The van der Waals surface area contributed by atoms with Gasteiger partial charge in [0.2, 0.25) is 0 Å². The van der Waals surface area contributed by atoms with Crippen LogP contribution >= 0.6 is 11.6 Å². The molecule has 0 spiro atoms. The van der Waals surface area contributed by atoms with Crippen molar-refractivity contribution in [1.29, 1.82) is 0 Å². The number of hydrogen-bond acceptors (Lipinski definition) is 2. The number of imidazole rings is 1. The zero-order valence-corrected chi connectivity index (χ0v) is 11.5. The number of aryl methyl sites for hydroxylation is 2. The Balaban J connectivity index is 2.19. The van der Waals surface area contributed by atoms with Gasteiger partial charge in [0.15, 0.2) is 0 Å². The number of hydrogen-bond donors (Lipinski definition) is 0. The third kappa shape index (κ3) is 3.03. The monoisotopic (exact) mass is 266 g/mol. The Kier molecular flexibility index (Phi) is 5.02. The summed E-state index contributed by atoms with van der Waals surface area (Å²) in [5.74, 6) is 1.68. The predicted octanol–water partition coefficient (Wildman–Crippen LogP) is 3.24. The van der Waals surface area contributed by atoms with Crippen LogP contribution in [0.4, 0.5) is 0 Å². The molecule has 0 aliphatic rings. The first-order valence-electron chi connectivity index (χ1n) is 6.44. The molecule has 0 aliphatic heterocycles. The van der Waals surface area contributed by atoms with Crippen LogP contribution in [0.2, 0.25) is 0 Å². The SMILES string of the molecule is CCOCCCn1c(CCCl)nc2ccccc21. The zero-order valence-electron chi connectivity index (χ0n) is 10.7. The lowest BCUT2D eigenvalue weighted by molar-refractivity contribution is 0.141. The lowest BCUT2D eigenvalue weighted by atomic mass is 10.3. The number of fused-ring (bicyclic) bond motifs is 1. The van der Waals surface area contributed by atoms with Crippen LogP contribution in [0.1, 0.15) is 19.2 Å². The Morgan fingerprint density at radius 1 is 1.33 bits per heavy atom. The average molecular weight is 267 g/mol. The van der Waals surface area contributed by atoms with Crippen LogP contribution in [-0.4, -0.2) is 28.6 Å². The first kappa shape index (κ1) is 13.4. The van der Waals surface area contributed by atoms with Gasteiger partial charge >= 0.3 is 0 Å². The van der Waals surface area contributed by atoms with Gasteiger partial charge in [-0.25, -0.2) is 4.98 Å². The number of alkyl halides is 1. The molecule has 0 unspecified atom stereocenters. The zero-order chi connectivity index (χ0) is 12.8. The fourth-order valence-corrected chi connectivity index (χ4v) is 2.29. The molecule has 0 N–H and O–H groups in total. The first-order chi connectivity index (χ1) is 8.86. The summed E-state index contributed by atoms with van der Waals surface area (Å²) in [6.07, 6.45) is 1.81. The lowest BCUT2D eigenvalue weighted by Crippen LogP contribution is -2.07. The van der Waals surface area contributed by atoms with Crippen LogP contribution in [0.5, 0.6) is 0 Å². The molecule has 2 aromatic rings. The number of halogens is 1. The van der Waals surface area contributed by atoms with Crippen LogP contribution in [0.15, 0.2) is 24.3 Å². The number of aromatic nitrogens is 2. The fraction of sp³-hybridized carbons (Fsp3) is 0.500. The standard InChI is InChI=1S/C14H19ClN2O/c1-2-18-11-5-10-17-13-7-4-3-6-12(13)16-14(17)8-9-15/h3-4,6-7H,2,5,8-11H2,1H3. The van der Waals surface area contributed by atoms with Crippen LogP contribution in [-0.2, 0) is 17.7 Å². The van der Waals surface area contributed by atoms with Gasteiger partial charge in [-0.2, -0.15) is 0 Å². The minimum absolute atomic E-state index is 0.606. The van der Waals surface area contributed by atoms with E-state index in [1.807, 2.05) is 25.1 Å². The maximum atomic E-state index is 5.84. The molecule has 1 heterocycles. The molecule has 1 aromatic heterocycles. The summed E-state index contributed by atoms with van der Waals surface area (Å²) in [5.41, 5.74) is 2.24. The van der Waals surface area contributed by atoms with Crippen molar-refractivity contribution in [3.63, 3.8) is 0 Å². The molecule has 0 saturated heterocycles. The van der Waals surface area contributed by atoms with E-state index < -0.39 is 0 Å². The van der Waals surface area contributed by atoms with E-state index in [0.29, 0.717) is 5.88 Å². The molecule has 0 amide bonds. The number of nitrogens with zero attached hydrogens (tertiary/aromatic N) is 2. The predicted molar refractivity (Wildman–Crippen MR) is 75.3 cm³/mol. The molecule has 2 rings (SSSR count). The highest BCUT2D eigenvalue weighted by atomic mass is 35.5. The van der Waals surface area contributed by atoms with Crippen molar-refractivity contribution in [3.8, 4) is 0 Å². The van der Waals surface area contributed by atoms with Crippen LogP contribution in [0.25, 0.3) is 11.0 Å². The second-order valence-corrected chi connectivity index (χ2v) is 4.54. The van der Waals surface area contributed by atoms with Gasteiger partial charge in [0.05, 0.1) is 11.0 Å². The Hall–Kier alpha value is -1.06. The van der Waals surface area contributed by atoms with Gasteiger partial charge in [0, 0.05) is 32.1 Å². The summed E-state index contributed by atoms with van der Waals surface area (Å²) < 4.78 is 7.64. The van der Waals surface area contributed by atoms with E-state index in [2.05, 4.69) is 15.6 Å². The minimum atomic E-state index is 0.606. The fourth-order valence-electron chi connectivity index (χ4n) is 2.12. The van der Waals surface area contributed by atoms with Gasteiger partial charge in [-0.05, 0) is 25.5 Å². The molecule has 98 valence electrons. The summed E-state index contributed by atoms with van der Waals surface area (Å²) in [6, 6.07) is 8.23. The highest BCUT2D eigenvalue weighted by molar-refractivity contribution is 6.17. The van der Waals surface area contributed by atoms with Gasteiger partial charge in [-0.3, -0.25) is 0 Å². The number of benzene rings is 1. The van der Waals surface area contributed by atoms with Crippen LogP contribution in [0.3, 0.4) is 0 Å². The van der Waals surface area contributed by atoms with Gasteiger partial charge in [0.25, 0.3) is 0 Å². The minimum Gasteiger partial charge on any atom is -0.382 e. The van der Waals surface area contributed by atoms with Gasteiger partial charge in [-0.15, -0.1) is 11.6 Å². The Morgan fingerprint density at radius 2 is 2.17 bits per heavy atom. The number of rotatable bonds is 7. The molecule has 0 saturated carbocycles. The van der Waals surface area contributed by atoms with E-state index in [0.717, 1.165) is 43.9 Å². The summed E-state index contributed by atoms with van der Waals surface area (Å²) >= 11 is 5.84. The van der Waals surface area contributed by atoms with Crippen molar-refractivity contribution < 1.29 is 4.74 Å². The molecular weight excluding hydrogens is 248 g/mol. The number of para-hydroxylation sites is 2. The van der Waals surface area contributed by atoms with Crippen LogP contribution < -0.4 is 0 Å². The Morgan fingerprint density at radius 3 is 2.94 bits per heavy atom. The maximum absolute atomic E-state index is 5.84. The van der Waals surface area contributed by atoms with E-state index in [1.165, 1.54) is 5.52 Å². The van der Waals surface area contributed by atoms with Gasteiger partial charge in [0.1, 0.15) is 5.82 Å². The Bertz CT molecular complexity index is 495. The lowest BCUT2D eigenvalue weighted by Gasteiger charge is -2.08. The molecule has 0 bridgehead atoms. The summed E-state index contributed by atoms with van der Waals surface area (Å²) in [6.45, 7) is 4.53. The molecule has 4 heteroatoms. The molecule has 0 aliphatic carbocycles. The quantitative estimate of drug-likeness (QED) is 0.568. The molecule has 1 aromatic carbocycles. The molecule has 3 nitrogen and oxygen atoms in total. The maximum Gasteiger partial charge on any atom is 0.111 e. The average Bonchev–Trinajstić information content (AvgIpc) is 2.73. The van der Waals surface area contributed by atoms with E-state index >= 15 is 0 Å².